The average Bonchev–Trinajstić information content (AvgIpc) is 3.52. The number of carbonyl (C=O) groups is 4. The van der Waals surface area contributed by atoms with E-state index in [1.165, 1.54) is 4.90 Å². The Morgan fingerprint density at radius 3 is 2.35 bits per heavy atom. The minimum atomic E-state index is -1.39. The molecule has 4 amide bonds. The van der Waals surface area contributed by atoms with Crippen molar-refractivity contribution < 1.29 is 29.0 Å². The van der Waals surface area contributed by atoms with Crippen LogP contribution in [0.25, 0.3) is 0 Å². The van der Waals surface area contributed by atoms with Gasteiger partial charge in [0.25, 0.3) is 0 Å². The lowest BCUT2D eigenvalue weighted by Crippen LogP contribution is -2.53. The summed E-state index contributed by atoms with van der Waals surface area (Å²) in [4.78, 5) is 61.7. The minimum Gasteiger partial charge on any atom is -0.491 e. The van der Waals surface area contributed by atoms with E-state index in [2.05, 4.69) is 6.08 Å². The summed E-state index contributed by atoms with van der Waals surface area (Å²) in [5, 5.41) is 10.1. The van der Waals surface area contributed by atoms with Crippen molar-refractivity contribution in [2.75, 3.05) is 18.1 Å². The molecule has 3 aromatic carbocycles. The van der Waals surface area contributed by atoms with Gasteiger partial charge in [0.05, 0.1) is 35.5 Å². The summed E-state index contributed by atoms with van der Waals surface area (Å²) in [6.45, 7) is -0.155. The molecule has 1 N–H and O–H groups in total. The van der Waals surface area contributed by atoms with Crippen LogP contribution in [0.15, 0.2) is 90.5 Å². The fourth-order valence-corrected chi connectivity index (χ4v) is 10.0. The number of aliphatic hydroxyl groups excluding tert-OH is 1. The number of hydrogen-bond acceptors (Lipinski definition) is 6. The van der Waals surface area contributed by atoms with Gasteiger partial charge in [0.2, 0.25) is 23.6 Å². The van der Waals surface area contributed by atoms with Gasteiger partial charge in [-0.3, -0.25) is 24.1 Å². The van der Waals surface area contributed by atoms with Crippen LogP contribution < -0.4 is 9.64 Å². The van der Waals surface area contributed by atoms with Gasteiger partial charge in [0.1, 0.15) is 12.4 Å². The van der Waals surface area contributed by atoms with E-state index >= 15 is 4.79 Å². The fourth-order valence-electron chi connectivity index (χ4n) is 9.82. The zero-order valence-electron chi connectivity index (χ0n) is 27.2. The SMILES string of the molecule is O=C1C2CC3C(=CCC4C(=O)N(C5CCCCC5)C(=O)C43)C(c3ccccc3OCCO)C2(c2ccccc2)C(=O)N1c1cccc(Cl)c1. The predicted molar refractivity (Wildman–Crippen MR) is 184 cm³/mol. The molecular weight excluding hydrogens is 640 g/mol. The van der Waals surface area contributed by atoms with E-state index in [0.29, 0.717) is 34.0 Å². The second kappa shape index (κ2) is 12.6. The van der Waals surface area contributed by atoms with Crippen molar-refractivity contribution in [3.05, 3.63) is 107 Å². The van der Waals surface area contributed by atoms with Gasteiger partial charge in [-0.05, 0) is 61.4 Å². The van der Waals surface area contributed by atoms with E-state index in [1.54, 1.807) is 29.2 Å². The van der Waals surface area contributed by atoms with Crippen molar-refractivity contribution in [1.29, 1.82) is 0 Å². The minimum absolute atomic E-state index is 0.0452. The van der Waals surface area contributed by atoms with Crippen molar-refractivity contribution in [2.45, 2.75) is 62.3 Å². The molecule has 252 valence electrons. The number of para-hydroxylation sites is 1. The number of likely N-dealkylation sites (tertiary alicyclic amines) is 1. The summed E-state index contributed by atoms with van der Waals surface area (Å²) >= 11 is 6.42. The maximum absolute atomic E-state index is 15.4. The van der Waals surface area contributed by atoms with Crippen LogP contribution in [0.2, 0.25) is 5.02 Å². The molecule has 0 bridgehead atoms. The number of benzene rings is 3. The van der Waals surface area contributed by atoms with Crippen LogP contribution >= 0.6 is 11.6 Å². The summed E-state index contributed by atoms with van der Waals surface area (Å²) in [5.74, 6) is -3.53. The maximum atomic E-state index is 15.4. The Hall–Kier alpha value is -4.27. The second-order valence-electron chi connectivity index (χ2n) is 14.0. The average molecular weight is 679 g/mol. The molecule has 5 aliphatic rings. The summed E-state index contributed by atoms with van der Waals surface area (Å²) in [6.07, 6.45) is 7.45. The third kappa shape index (κ3) is 4.82. The lowest BCUT2D eigenvalue weighted by atomic mass is 9.49. The van der Waals surface area contributed by atoms with Gasteiger partial charge in [0, 0.05) is 22.5 Å². The number of imide groups is 2. The summed E-state index contributed by atoms with van der Waals surface area (Å²) in [6, 6.07) is 23.6. The van der Waals surface area contributed by atoms with Gasteiger partial charge < -0.3 is 9.84 Å². The standard InChI is InChI=1S/C40H39ClN2O6/c41-25-12-9-15-27(22-25)43-37(46)32-23-31-28(18-19-30-34(31)38(47)42(36(30)45)26-13-5-2-6-14-26)35(29-16-7-8-17-33(29)49-21-20-44)40(32,39(43)48)24-10-3-1-4-11-24/h1,3-4,7-12,15-18,22,26,30-32,34-35,44H,2,5-6,13-14,19-21,23H2. The smallest absolute Gasteiger partial charge is 0.246 e. The van der Waals surface area contributed by atoms with Crippen molar-refractivity contribution in [3.8, 4) is 5.75 Å². The molecule has 8 nitrogen and oxygen atoms in total. The third-order valence-corrected chi connectivity index (χ3v) is 12.0. The Labute approximate surface area is 290 Å². The molecule has 2 saturated carbocycles. The van der Waals surface area contributed by atoms with Crippen LogP contribution in [0, 0.1) is 23.7 Å². The number of halogens is 1. The summed E-state index contributed by atoms with van der Waals surface area (Å²) in [7, 11) is 0. The fraction of sp³-hybridized carbons (Fsp3) is 0.400. The summed E-state index contributed by atoms with van der Waals surface area (Å²) < 4.78 is 6.13. The van der Waals surface area contributed by atoms with Crippen LogP contribution in [0.3, 0.4) is 0 Å². The lowest BCUT2D eigenvalue weighted by molar-refractivity contribution is -0.143. The van der Waals surface area contributed by atoms with Gasteiger partial charge in [0.15, 0.2) is 0 Å². The molecule has 6 atom stereocenters. The lowest BCUT2D eigenvalue weighted by Gasteiger charge is -2.51. The number of aliphatic hydroxyl groups is 1. The number of nitrogens with zero attached hydrogens (tertiary/aromatic N) is 2. The van der Waals surface area contributed by atoms with Gasteiger partial charge in [-0.2, -0.15) is 0 Å². The highest BCUT2D eigenvalue weighted by Gasteiger charge is 2.70. The number of hydrogen-bond donors (Lipinski definition) is 1. The molecule has 6 unspecified atom stereocenters. The molecule has 2 heterocycles. The van der Waals surface area contributed by atoms with Crippen molar-refractivity contribution >= 4 is 40.9 Å². The van der Waals surface area contributed by atoms with Crippen molar-refractivity contribution in [1.82, 2.24) is 4.90 Å². The Balaban J connectivity index is 1.35. The van der Waals surface area contributed by atoms with Crippen LogP contribution in [0.4, 0.5) is 5.69 Å². The van der Waals surface area contributed by atoms with Gasteiger partial charge >= 0.3 is 0 Å². The molecule has 0 spiro atoms. The molecule has 4 fully saturated rings. The number of amides is 4. The number of rotatable bonds is 7. The monoisotopic (exact) mass is 678 g/mol. The highest BCUT2D eigenvalue weighted by molar-refractivity contribution is 6.32. The quantitative estimate of drug-likeness (QED) is 0.236. The molecule has 49 heavy (non-hydrogen) atoms. The predicted octanol–water partition coefficient (Wildman–Crippen LogP) is 6.21. The first-order valence-electron chi connectivity index (χ1n) is 17.5. The van der Waals surface area contributed by atoms with E-state index in [0.717, 1.165) is 37.7 Å². The number of fused-ring (bicyclic) bond motifs is 4. The van der Waals surface area contributed by atoms with E-state index < -0.39 is 35.0 Å². The Bertz CT molecular complexity index is 1850. The molecule has 3 aliphatic carbocycles. The van der Waals surface area contributed by atoms with Crippen LogP contribution in [0.1, 0.15) is 62.0 Å². The van der Waals surface area contributed by atoms with E-state index in [4.69, 9.17) is 16.3 Å². The Kier molecular flexibility index (Phi) is 8.19. The van der Waals surface area contributed by atoms with E-state index in [1.807, 2.05) is 54.6 Å². The molecular formula is C40H39ClN2O6. The van der Waals surface area contributed by atoms with Gasteiger partial charge in [-0.25, -0.2) is 4.90 Å². The normalized spacial score (nSPS) is 29.8. The molecule has 8 rings (SSSR count). The van der Waals surface area contributed by atoms with Crippen LogP contribution in [-0.4, -0.2) is 52.9 Å². The largest absolute Gasteiger partial charge is 0.491 e. The highest BCUT2D eigenvalue weighted by atomic mass is 35.5. The second-order valence-corrected chi connectivity index (χ2v) is 14.5. The Morgan fingerprint density at radius 1 is 0.837 bits per heavy atom. The van der Waals surface area contributed by atoms with Crippen molar-refractivity contribution in [3.63, 3.8) is 0 Å². The van der Waals surface area contributed by atoms with Crippen LogP contribution in [-0.2, 0) is 24.6 Å². The molecule has 0 aromatic heterocycles. The first-order valence-corrected chi connectivity index (χ1v) is 17.8. The maximum Gasteiger partial charge on any atom is 0.246 e. The molecule has 9 heteroatoms. The molecule has 2 saturated heterocycles. The number of carbonyl (C=O) groups excluding carboxylic acids is 4. The molecule has 2 aliphatic heterocycles. The van der Waals surface area contributed by atoms with Gasteiger partial charge in [-0.15, -0.1) is 0 Å². The number of ether oxygens (including phenoxy) is 1. The first-order chi connectivity index (χ1) is 23.9. The highest BCUT2D eigenvalue weighted by Crippen LogP contribution is 2.65. The van der Waals surface area contributed by atoms with E-state index in [-0.39, 0.29) is 49.3 Å². The summed E-state index contributed by atoms with van der Waals surface area (Å²) in [5.41, 5.74) is 1.30. The zero-order chi connectivity index (χ0) is 33.9. The van der Waals surface area contributed by atoms with E-state index in [9.17, 15) is 19.5 Å². The molecule has 0 radical (unpaired) electrons. The number of allylic oxidation sites excluding steroid dienone is 2. The van der Waals surface area contributed by atoms with Crippen LogP contribution in [0.5, 0.6) is 5.75 Å². The van der Waals surface area contributed by atoms with Crippen molar-refractivity contribution in [2.24, 2.45) is 23.7 Å². The third-order valence-electron chi connectivity index (χ3n) is 11.7. The Morgan fingerprint density at radius 2 is 1.59 bits per heavy atom. The zero-order valence-corrected chi connectivity index (χ0v) is 27.9. The molecule has 3 aromatic rings. The first kappa shape index (κ1) is 32.0. The van der Waals surface area contributed by atoms with Gasteiger partial charge in [-0.1, -0.05) is 97.1 Å². The number of anilines is 1. The topological polar surface area (TPSA) is 104 Å².